The van der Waals surface area contributed by atoms with E-state index < -0.39 is 23.4 Å². The van der Waals surface area contributed by atoms with Crippen LogP contribution in [0.3, 0.4) is 0 Å². The maximum Gasteiger partial charge on any atom is 0.254 e. The predicted octanol–water partition coefficient (Wildman–Crippen LogP) is 3.16. The fourth-order valence-electron chi connectivity index (χ4n) is 4.24. The molecular weight excluding hydrogens is 423 g/mol. The van der Waals surface area contributed by atoms with Crippen molar-refractivity contribution >= 4 is 29.0 Å². The van der Waals surface area contributed by atoms with Crippen LogP contribution >= 0.6 is 0 Å². The first-order valence-corrected chi connectivity index (χ1v) is 10.3. The van der Waals surface area contributed by atoms with Gasteiger partial charge in [-0.2, -0.15) is 0 Å². The molecule has 1 saturated heterocycles. The van der Waals surface area contributed by atoms with Crippen molar-refractivity contribution in [2.45, 2.75) is 32.9 Å². The van der Waals surface area contributed by atoms with Gasteiger partial charge in [0.05, 0.1) is 23.1 Å². The van der Waals surface area contributed by atoms with Crippen molar-refractivity contribution in [2.24, 2.45) is 5.92 Å². The van der Waals surface area contributed by atoms with Crippen molar-refractivity contribution < 1.29 is 22.8 Å². The number of likely N-dealkylation sites (N-methyl/N-ethyl adjacent to an activating group) is 1. The number of likely N-dealkylation sites (tertiary alicyclic amines) is 1. The van der Waals surface area contributed by atoms with Gasteiger partial charge in [0.15, 0.2) is 17.5 Å². The lowest BCUT2D eigenvalue weighted by Crippen LogP contribution is -2.57. The molecule has 1 aromatic carbocycles. The third kappa shape index (κ3) is 3.74. The number of fused-ring (bicyclic) bond motifs is 1. The molecule has 0 bridgehead atoms. The van der Waals surface area contributed by atoms with E-state index in [1.54, 1.807) is 0 Å². The molecule has 0 saturated carbocycles. The van der Waals surface area contributed by atoms with Crippen molar-refractivity contribution in [1.29, 1.82) is 0 Å². The number of rotatable bonds is 4. The summed E-state index contributed by atoms with van der Waals surface area (Å²) in [7, 11) is 1.87. The van der Waals surface area contributed by atoms with Gasteiger partial charge in [0.1, 0.15) is 11.9 Å². The Morgan fingerprint density at radius 2 is 1.81 bits per heavy atom. The van der Waals surface area contributed by atoms with Crippen LogP contribution in [0.2, 0.25) is 0 Å². The minimum Gasteiger partial charge on any atom is -0.364 e. The number of halogens is 3. The highest BCUT2D eigenvalue weighted by Crippen LogP contribution is 2.37. The van der Waals surface area contributed by atoms with Gasteiger partial charge in [-0.05, 0) is 25.0 Å². The van der Waals surface area contributed by atoms with Crippen LogP contribution in [-0.4, -0.2) is 53.9 Å². The Bertz CT molecular complexity index is 1080. The van der Waals surface area contributed by atoms with Crippen molar-refractivity contribution in [3.63, 3.8) is 0 Å². The molecule has 1 unspecified atom stereocenters. The zero-order valence-electron chi connectivity index (χ0n) is 18.2. The number of nitrogens with zero attached hydrogens (tertiary/aromatic N) is 3. The van der Waals surface area contributed by atoms with Crippen LogP contribution in [0.5, 0.6) is 0 Å². The molecule has 1 atom stereocenters. The first-order chi connectivity index (χ1) is 15.1. The van der Waals surface area contributed by atoms with Gasteiger partial charge in [0.2, 0.25) is 5.91 Å². The van der Waals surface area contributed by atoms with Crippen molar-refractivity contribution in [2.75, 3.05) is 35.7 Å². The first-order valence-electron chi connectivity index (χ1n) is 10.3. The van der Waals surface area contributed by atoms with E-state index in [1.807, 2.05) is 38.8 Å². The molecule has 0 spiro atoms. The molecule has 0 radical (unpaired) electrons. The highest BCUT2D eigenvalue weighted by molar-refractivity contribution is 6.04. The Kier molecular flexibility index (Phi) is 5.47. The summed E-state index contributed by atoms with van der Waals surface area (Å²) in [4.78, 5) is 32.8. The van der Waals surface area contributed by atoms with Gasteiger partial charge in [0.25, 0.3) is 5.91 Å². The summed E-state index contributed by atoms with van der Waals surface area (Å²) in [6.45, 7) is 6.38. The summed E-state index contributed by atoms with van der Waals surface area (Å²) < 4.78 is 40.0. The van der Waals surface area contributed by atoms with Crippen LogP contribution < -0.4 is 15.5 Å². The number of hydrogen-bond donors (Lipinski definition) is 2. The number of aryl methyl sites for hydroxylation is 1. The molecule has 2 aliphatic rings. The molecule has 2 aromatic rings. The van der Waals surface area contributed by atoms with E-state index in [-0.39, 0.29) is 29.5 Å². The Hall–Kier alpha value is -3.30. The number of hydrogen-bond acceptors (Lipinski definition) is 5. The van der Waals surface area contributed by atoms with E-state index >= 15 is 0 Å². The van der Waals surface area contributed by atoms with Crippen LogP contribution in [0.25, 0.3) is 0 Å². The summed E-state index contributed by atoms with van der Waals surface area (Å²) in [6.07, 6.45) is 0. The average molecular weight is 447 g/mol. The van der Waals surface area contributed by atoms with E-state index in [0.29, 0.717) is 42.4 Å². The highest BCUT2D eigenvalue weighted by Gasteiger charge is 2.36. The highest BCUT2D eigenvalue weighted by atomic mass is 19.2. The van der Waals surface area contributed by atoms with Crippen LogP contribution in [0.1, 0.15) is 29.9 Å². The third-order valence-electron chi connectivity index (χ3n) is 5.88. The molecule has 7 nitrogen and oxygen atoms in total. The molecular formula is C22H24F3N5O2. The topological polar surface area (TPSA) is 77.6 Å². The van der Waals surface area contributed by atoms with Crippen LogP contribution in [-0.2, 0) is 4.79 Å². The summed E-state index contributed by atoms with van der Waals surface area (Å²) in [5, 5.41) is 6.20. The lowest BCUT2D eigenvalue weighted by molar-refractivity contribution is -0.118. The van der Waals surface area contributed by atoms with Gasteiger partial charge in [0, 0.05) is 31.8 Å². The zero-order valence-corrected chi connectivity index (χ0v) is 18.2. The minimum atomic E-state index is -1.60. The number of aromatic nitrogens is 1. The lowest BCUT2D eigenvalue weighted by atomic mass is 9.98. The molecule has 3 heterocycles. The SMILES string of the molecule is Cc1nc(NC2CN(C(=O)c3cc(F)c(F)c(F)c3)C2)cc2c1NC(=O)C(C(C)C)N2C. The summed E-state index contributed by atoms with van der Waals surface area (Å²) >= 11 is 0. The Balaban J connectivity index is 1.45. The van der Waals surface area contributed by atoms with Gasteiger partial charge in [-0.25, -0.2) is 18.2 Å². The van der Waals surface area contributed by atoms with Crippen molar-refractivity contribution in [3.05, 3.63) is 46.9 Å². The molecule has 0 aliphatic carbocycles. The number of carbonyl (C=O) groups excluding carboxylic acids is 2. The minimum absolute atomic E-state index is 0.0672. The molecule has 170 valence electrons. The molecule has 1 aromatic heterocycles. The number of carbonyl (C=O) groups is 2. The van der Waals surface area contributed by atoms with E-state index in [0.717, 1.165) is 5.69 Å². The maximum absolute atomic E-state index is 13.4. The fourth-order valence-corrected chi connectivity index (χ4v) is 4.24. The molecule has 2 aliphatic heterocycles. The summed E-state index contributed by atoms with van der Waals surface area (Å²) in [5.41, 5.74) is 1.95. The third-order valence-corrected chi connectivity index (χ3v) is 5.88. The summed E-state index contributed by atoms with van der Waals surface area (Å²) in [5.74, 6) is -4.31. The van der Waals surface area contributed by atoms with Crippen LogP contribution in [0, 0.1) is 30.3 Å². The molecule has 4 rings (SSSR count). The van der Waals surface area contributed by atoms with E-state index in [1.165, 1.54) is 4.90 Å². The van der Waals surface area contributed by atoms with Gasteiger partial charge < -0.3 is 20.4 Å². The van der Waals surface area contributed by atoms with Crippen molar-refractivity contribution in [1.82, 2.24) is 9.88 Å². The van der Waals surface area contributed by atoms with Crippen LogP contribution in [0.15, 0.2) is 18.2 Å². The molecule has 10 heteroatoms. The van der Waals surface area contributed by atoms with Gasteiger partial charge in [-0.1, -0.05) is 13.8 Å². The molecule has 1 fully saturated rings. The molecule has 32 heavy (non-hydrogen) atoms. The van der Waals surface area contributed by atoms with E-state index in [2.05, 4.69) is 15.6 Å². The smallest absolute Gasteiger partial charge is 0.254 e. The normalized spacial score (nSPS) is 18.4. The second-order valence-corrected chi connectivity index (χ2v) is 8.58. The second kappa shape index (κ2) is 7.99. The Morgan fingerprint density at radius 1 is 1.19 bits per heavy atom. The van der Waals surface area contributed by atoms with E-state index in [9.17, 15) is 22.8 Å². The number of benzene rings is 1. The lowest BCUT2D eigenvalue weighted by Gasteiger charge is -2.41. The average Bonchev–Trinajstić information content (AvgIpc) is 2.68. The molecule has 2 amide bonds. The maximum atomic E-state index is 13.4. The van der Waals surface area contributed by atoms with Gasteiger partial charge >= 0.3 is 0 Å². The zero-order chi connectivity index (χ0) is 23.3. The van der Waals surface area contributed by atoms with Gasteiger partial charge in [-0.15, -0.1) is 0 Å². The standard InChI is InChI=1S/C22H24F3N5O2/c1-10(2)20-21(31)28-19-11(3)26-17(7-16(19)29(20)4)27-13-8-30(9-13)22(32)12-5-14(23)18(25)15(24)6-12/h5-7,10,13,20H,8-9H2,1-4H3,(H,26,27)(H,28,31). The largest absolute Gasteiger partial charge is 0.364 e. The van der Waals surface area contributed by atoms with Gasteiger partial charge in [-0.3, -0.25) is 9.59 Å². The quantitative estimate of drug-likeness (QED) is 0.705. The van der Waals surface area contributed by atoms with Crippen molar-refractivity contribution in [3.8, 4) is 0 Å². The van der Waals surface area contributed by atoms with Crippen LogP contribution in [0.4, 0.5) is 30.4 Å². The first kappa shape index (κ1) is 21.9. The Labute approximate surface area is 183 Å². The Morgan fingerprint density at radius 3 is 2.41 bits per heavy atom. The second-order valence-electron chi connectivity index (χ2n) is 8.58. The number of pyridine rings is 1. The summed E-state index contributed by atoms with van der Waals surface area (Å²) in [6, 6.07) is 2.84. The molecule has 2 N–H and O–H groups in total. The number of nitrogens with one attached hydrogen (secondary N) is 2. The van der Waals surface area contributed by atoms with E-state index in [4.69, 9.17) is 0 Å². The number of amides is 2. The number of anilines is 3. The monoisotopic (exact) mass is 447 g/mol. The predicted molar refractivity (Wildman–Crippen MR) is 114 cm³/mol. The fraction of sp³-hybridized carbons (Fsp3) is 0.409.